The van der Waals surface area contributed by atoms with Crippen LogP contribution in [0, 0.1) is 5.82 Å². The smallest absolute Gasteiger partial charge is 0.308 e. The van der Waals surface area contributed by atoms with Crippen LogP contribution in [0.3, 0.4) is 0 Å². The van der Waals surface area contributed by atoms with Gasteiger partial charge in [0.25, 0.3) is 0 Å². The molecule has 2 N–H and O–H groups in total. The van der Waals surface area contributed by atoms with Gasteiger partial charge < -0.3 is 10.6 Å². The summed E-state index contributed by atoms with van der Waals surface area (Å²) < 4.78 is 13.1. The summed E-state index contributed by atoms with van der Waals surface area (Å²) in [6.07, 6.45) is 0. The first-order chi connectivity index (χ1) is 9.02. The Labute approximate surface area is 119 Å². The van der Waals surface area contributed by atoms with Gasteiger partial charge in [-0.2, -0.15) is 0 Å². The Morgan fingerprint density at radius 1 is 0.947 bits per heavy atom. The minimum atomic E-state index is -0.523. The molecule has 0 aliphatic rings. The lowest BCUT2D eigenvalue weighted by atomic mass is 10.3. The predicted octanol–water partition coefficient (Wildman–Crippen LogP) is 4.78. The summed E-state index contributed by atoms with van der Waals surface area (Å²) in [6.45, 7) is 0. The minimum absolute atomic E-state index is 0.207. The molecule has 2 rings (SSSR count). The number of anilines is 2. The molecule has 2 amide bonds. The molecule has 0 heterocycles. The standard InChI is InChI=1S/C13H9Cl2FN2O/c14-8-2-1-3-11(5-8)17-13(19)18-12-6-9(15)4-10(16)7-12/h1-7H,(H2,17,18,19). The summed E-state index contributed by atoms with van der Waals surface area (Å²) in [4.78, 5) is 11.7. The lowest BCUT2D eigenvalue weighted by molar-refractivity contribution is 0.262. The van der Waals surface area contributed by atoms with E-state index < -0.39 is 11.8 Å². The minimum Gasteiger partial charge on any atom is -0.308 e. The molecule has 6 heteroatoms. The Morgan fingerprint density at radius 2 is 1.63 bits per heavy atom. The SMILES string of the molecule is O=C(Nc1cccc(Cl)c1)Nc1cc(F)cc(Cl)c1. The highest BCUT2D eigenvalue weighted by molar-refractivity contribution is 6.31. The molecule has 0 saturated carbocycles. The van der Waals surface area contributed by atoms with E-state index in [1.807, 2.05) is 0 Å². The summed E-state index contributed by atoms with van der Waals surface area (Å²) in [6, 6.07) is 9.94. The second kappa shape index (κ2) is 5.91. The van der Waals surface area contributed by atoms with Crippen molar-refractivity contribution in [3.63, 3.8) is 0 Å². The fourth-order valence-corrected chi connectivity index (χ4v) is 1.90. The Balaban J connectivity index is 2.05. The second-order valence-electron chi connectivity index (χ2n) is 3.75. The van der Waals surface area contributed by atoms with Crippen LogP contribution in [0.25, 0.3) is 0 Å². The van der Waals surface area contributed by atoms with Crippen LogP contribution in [0.1, 0.15) is 0 Å². The lowest BCUT2D eigenvalue weighted by Crippen LogP contribution is -2.19. The van der Waals surface area contributed by atoms with Gasteiger partial charge in [0.2, 0.25) is 0 Å². The Bertz CT molecular complexity index is 599. The molecule has 2 aromatic rings. The lowest BCUT2D eigenvalue weighted by Gasteiger charge is -2.08. The van der Waals surface area contributed by atoms with E-state index in [0.717, 1.165) is 6.07 Å². The summed E-state index contributed by atoms with van der Waals surface area (Å²) >= 11 is 11.5. The van der Waals surface area contributed by atoms with Crippen molar-refractivity contribution in [3.8, 4) is 0 Å². The van der Waals surface area contributed by atoms with Crippen molar-refractivity contribution in [1.29, 1.82) is 0 Å². The van der Waals surface area contributed by atoms with Gasteiger partial charge in [0.1, 0.15) is 5.82 Å². The van der Waals surface area contributed by atoms with E-state index >= 15 is 0 Å². The maximum absolute atomic E-state index is 13.1. The summed E-state index contributed by atoms with van der Waals surface area (Å²) in [5.74, 6) is -0.523. The van der Waals surface area contributed by atoms with Crippen LogP contribution in [0.5, 0.6) is 0 Å². The number of carbonyl (C=O) groups excluding carboxylic acids is 1. The van der Waals surface area contributed by atoms with Crippen LogP contribution in [0.2, 0.25) is 10.0 Å². The van der Waals surface area contributed by atoms with Gasteiger partial charge in [-0.1, -0.05) is 29.3 Å². The molecule has 0 saturated heterocycles. The highest BCUT2D eigenvalue weighted by Crippen LogP contribution is 2.19. The van der Waals surface area contributed by atoms with E-state index in [0.29, 0.717) is 10.7 Å². The van der Waals surface area contributed by atoms with Gasteiger partial charge in [-0.3, -0.25) is 0 Å². The number of rotatable bonds is 2. The second-order valence-corrected chi connectivity index (χ2v) is 4.62. The molecular formula is C13H9Cl2FN2O. The molecule has 0 fully saturated rings. The third-order valence-electron chi connectivity index (χ3n) is 2.20. The van der Waals surface area contributed by atoms with Crippen LogP contribution in [-0.4, -0.2) is 6.03 Å². The van der Waals surface area contributed by atoms with Gasteiger partial charge in [0.15, 0.2) is 0 Å². The molecule has 0 aromatic heterocycles. The van der Waals surface area contributed by atoms with E-state index in [4.69, 9.17) is 23.2 Å². The number of urea groups is 1. The third-order valence-corrected chi connectivity index (χ3v) is 2.66. The first kappa shape index (κ1) is 13.6. The van der Waals surface area contributed by atoms with Crippen molar-refractivity contribution in [3.05, 3.63) is 58.3 Å². The molecule has 0 aliphatic heterocycles. The zero-order chi connectivity index (χ0) is 13.8. The Morgan fingerprint density at radius 3 is 2.32 bits per heavy atom. The van der Waals surface area contributed by atoms with Crippen molar-refractivity contribution in [2.45, 2.75) is 0 Å². The number of halogens is 3. The third kappa shape index (κ3) is 4.12. The van der Waals surface area contributed by atoms with Crippen molar-refractivity contribution >= 4 is 40.6 Å². The predicted molar refractivity (Wildman–Crippen MR) is 75.5 cm³/mol. The van der Waals surface area contributed by atoms with Crippen molar-refractivity contribution in [1.82, 2.24) is 0 Å². The summed E-state index contributed by atoms with van der Waals surface area (Å²) in [5.41, 5.74) is 0.803. The molecule has 0 bridgehead atoms. The fraction of sp³-hybridized carbons (Fsp3) is 0. The number of hydrogen-bond acceptors (Lipinski definition) is 1. The van der Waals surface area contributed by atoms with Gasteiger partial charge >= 0.3 is 6.03 Å². The average molecular weight is 299 g/mol. The maximum Gasteiger partial charge on any atom is 0.323 e. The Hall–Kier alpha value is -1.78. The molecule has 3 nitrogen and oxygen atoms in total. The van der Waals surface area contributed by atoms with Gasteiger partial charge in [-0.05, 0) is 36.4 Å². The van der Waals surface area contributed by atoms with Crippen LogP contribution in [0.15, 0.2) is 42.5 Å². The van der Waals surface area contributed by atoms with Crippen molar-refractivity contribution < 1.29 is 9.18 Å². The van der Waals surface area contributed by atoms with Crippen molar-refractivity contribution in [2.75, 3.05) is 10.6 Å². The van der Waals surface area contributed by atoms with Crippen LogP contribution in [-0.2, 0) is 0 Å². The topological polar surface area (TPSA) is 41.1 Å². The van der Waals surface area contributed by atoms with E-state index in [1.165, 1.54) is 12.1 Å². The van der Waals surface area contributed by atoms with Gasteiger partial charge in [-0.25, -0.2) is 9.18 Å². The molecule has 2 aromatic carbocycles. The number of benzene rings is 2. The zero-order valence-corrected chi connectivity index (χ0v) is 11.1. The van der Waals surface area contributed by atoms with E-state index in [2.05, 4.69) is 10.6 Å². The normalized spacial score (nSPS) is 10.1. The van der Waals surface area contributed by atoms with Gasteiger partial charge in [0.05, 0.1) is 0 Å². The number of hydrogen-bond donors (Lipinski definition) is 2. The molecule has 98 valence electrons. The summed E-state index contributed by atoms with van der Waals surface area (Å²) in [5, 5.41) is 5.76. The van der Waals surface area contributed by atoms with Crippen molar-refractivity contribution in [2.24, 2.45) is 0 Å². The number of amides is 2. The molecule has 0 radical (unpaired) electrons. The molecule has 19 heavy (non-hydrogen) atoms. The zero-order valence-electron chi connectivity index (χ0n) is 9.58. The number of nitrogens with one attached hydrogen (secondary N) is 2. The molecular weight excluding hydrogens is 290 g/mol. The Kier molecular flexibility index (Phi) is 4.24. The van der Waals surface area contributed by atoms with Crippen LogP contribution in [0.4, 0.5) is 20.6 Å². The quantitative estimate of drug-likeness (QED) is 0.823. The fourth-order valence-electron chi connectivity index (χ4n) is 1.49. The number of carbonyl (C=O) groups is 1. The largest absolute Gasteiger partial charge is 0.323 e. The first-order valence-corrected chi connectivity index (χ1v) is 6.08. The van der Waals surface area contributed by atoms with E-state index in [-0.39, 0.29) is 10.7 Å². The van der Waals surface area contributed by atoms with Gasteiger partial charge in [0, 0.05) is 21.4 Å². The molecule has 0 spiro atoms. The molecule has 0 aliphatic carbocycles. The van der Waals surface area contributed by atoms with E-state index in [1.54, 1.807) is 24.3 Å². The monoisotopic (exact) mass is 298 g/mol. The average Bonchev–Trinajstić information content (AvgIpc) is 2.26. The van der Waals surface area contributed by atoms with Gasteiger partial charge in [-0.15, -0.1) is 0 Å². The van der Waals surface area contributed by atoms with Crippen LogP contribution >= 0.6 is 23.2 Å². The highest BCUT2D eigenvalue weighted by atomic mass is 35.5. The highest BCUT2D eigenvalue weighted by Gasteiger charge is 2.05. The molecule has 0 unspecified atom stereocenters. The van der Waals surface area contributed by atoms with Crippen LogP contribution < -0.4 is 10.6 Å². The molecule has 0 atom stereocenters. The first-order valence-electron chi connectivity index (χ1n) is 5.32. The summed E-state index contributed by atoms with van der Waals surface area (Å²) in [7, 11) is 0. The van der Waals surface area contributed by atoms with E-state index in [9.17, 15) is 9.18 Å². The maximum atomic E-state index is 13.1.